The Morgan fingerprint density at radius 3 is 2.15 bits per heavy atom. The van der Waals surface area contributed by atoms with Gasteiger partial charge in [0.05, 0.1) is 0 Å². The van der Waals surface area contributed by atoms with Crippen molar-refractivity contribution < 1.29 is 27.9 Å². The molecule has 0 bridgehead atoms. The summed E-state index contributed by atoms with van der Waals surface area (Å²) in [6.45, 7) is 3.04. The summed E-state index contributed by atoms with van der Waals surface area (Å²) in [5, 5.41) is 10.9. The Morgan fingerprint density at radius 2 is 1.70 bits per heavy atom. The van der Waals surface area contributed by atoms with Crippen LogP contribution in [0.2, 0.25) is 0 Å². The molecule has 0 atom stereocenters. The third-order valence-corrected chi connectivity index (χ3v) is 2.65. The topological polar surface area (TPSA) is 66.4 Å². The van der Waals surface area contributed by atoms with E-state index in [0.717, 1.165) is 0 Å². The first kappa shape index (κ1) is 16.0. The smallest absolute Gasteiger partial charge is 0.303 e. The third kappa shape index (κ3) is 4.25. The van der Waals surface area contributed by atoms with E-state index in [1.54, 1.807) is 0 Å². The molecule has 1 aromatic rings. The summed E-state index contributed by atoms with van der Waals surface area (Å²) in [6.07, 6.45) is -0.125. The zero-order valence-electron chi connectivity index (χ0n) is 11.0. The minimum absolute atomic E-state index is 0.0819. The molecule has 7 heteroatoms. The van der Waals surface area contributed by atoms with Crippen LogP contribution in [-0.2, 0) is 4.79 Å². The van der Waals surface area contributed by atoms with Crippen LogP contribution < -0.4 is 5.32 Å². The molecular weight excluding hydrogens is 275 g/mol. The van der Waals surface area contributed by atoms with Gasteiger partial charge in [-0.1, -0.05) is 0 Å². The van der Waals surface area contributed by atoms with Gasteiger partial charge in [-0.15, -0.1) is 0 Å². The largest absolute Gasteiger partial charge is 0.481 e. The molecule has 1 amide bonds. The van der Waals surface area contributed by atoms with Crippen LogP contribution in [0.4, 0.5) is 13.2 Å². The van der Waals surface area contributed by atoms with Crippen LogP contribution in [-0.4, -0.2) is 22.5 Å². The molecule has 0 radical (unpaired) electrons. The van der Waals surface area contributed by atoms with Crippen LogP contribution in [0.25, 0.3) is 0 Å². The van der Waals surface area contributed by atoms with Gasteiger partial charge in [0, 0.05) is 24.1 Å². The van der Waals surface area contributed by atoms with E-state index in [9.17, 15) is 22.8 Å². The molecule has 0 spiro atoms. The van der Waals surface area contributed by atoms with Crippen LogP contribution >= 0.6 is 0 Å². The molecule has 110 valence electrons. The maximum atomic E-state index is 13.4. The second kappa shape index (κ2) is 5.94. The number of carboxylic acid groups (broad SMARTS) is 1. The molecule has 0 unspecified atom stereocenters. The van der Waals surface area contributed by atoms with Crippen molar-refractivity contribution in [3.63, 3.8) is 0 Å². The van der Waals surface area contributed by atoms with E-state index in [1.165, 1.54) is 13.8 Å². The Kier molecular flexibility index (Phi) is 4.75. The standard InChI is InChI=1S/C13H14F3NO3/c1-13(2,4-3-10(18)19)17-12(20)11-8(15)5-7(14)6-9(11)16/h5-6H,3-4H2,1-2H3,(H,17,20)(H,18,19). The highest BCUT2D eigenvalue weighted by Gasteiger charge is 2.26. The Hall–Kier alpha value is -2.05. The number of hydrogen-bond acceptors (Lipinski definition) is 2. The first-order valence-corrected chi connectivity index (χ1v) is 5.81. The van der Waals surface area contributed by atoms with Gasteiger partial charge in [-0.05, 0) is 20.3 Å². The van der Waals surface area contributed by atoms with Gasteiger partial charge in [0.25, 0.3) is 5.91 Å². The van der Waals surface area contributed by atoms with Crippen LogP contribution in [0.5, 0.6) is 0 Å². The molecular formula is C13H14F3NO3. The normalized spacial score (nSPS) is 11.2. The number of nitrogens with one attached hydrogen (secondary N) is 1. The Bertz CT molecular complexity index is 521. The summed E-state index contributed by atoms with van der Waals surface area (Å²) >= 11 is 0. The summed E-state index contributed by atoms with van der Waals surface area (Å²) in [7, 11) is 0. The van der Waals surface area contributed by atoms with Gasteiger partial charge in [-0.2, -0.15) is 0 Å². The summed E-state index contributed by atoms with van der Waals surface area (Å²) in [5.41, 5.74) is -1.86. The van der Waals surface area contributed by atoms with Gasteiger partial charge in [-0.25, -0.2) is 13.2 Å². The number of halogens is 3. The molecule has 0 aliphatic carbocycles. The predicted molar refractivity (Wildman–Crippen MR) is 64.7 cm³/mol. The molecule has 0 aliphatic rings. The lowest BCUT2D eigenvalue weighted by atomic mass is 9.97. The van der Waals surface area contributed by atoms with Crippen molar-refractivity contribution in [2.45, 2.75) is 32.2 Å². The lowest BCUT2D eigenvalue weighted by Crippen LogP contribution is -2.44. The molecule has 0 heterocycles. The van der Waals surface area contributed by atoms with E-state index in [4.69, 9.17) is 5.11 Å². The van der Waals surface area contributed by atoms with Gasteiger partial charge in [0.2, 0.25) is 0 Å². The minimum Gasteiger partial charge on any atom is -0.481 e. The molecule has 20 heavy (non-hydrogen) atoms. The number of aliphatic carboxylic acids is 1. The molecule has 0 aromatic heterocycles. The fourth-order valence-corrected chi connectivity index (χ4v) is 1.61. The van der Waals surface area contributed by atoms with Crippen LogP contribution in [0, 0.1) is 17.5 Å². The average Bonchev–Trinajstić information content (AvgIpc) is 2.24. The molecule has 2 N–H and O–H groups in total. The van der Waals surface area contributed by atoms with Crippen molar-refractivity contribution >= 4 is 11.9 Å². The Morgan fingerprint density at radius 1 is 1.20 bits per heavy atom. The van der Waals surface area contributed by atoms with E-state index >= 15 is 0 Å². The zero-order valence-corrected chi connectivity index (χ0v) is 11.0. The van der Waals surface area contributed by atoms with Crippen molar-refractivity contribution in [3.05, 3.63) is 35.1 Å². The van der Waals surface area contributed by atoms with E-state index in [-0.39, 0.29) is 12.8 Å². The van der Waals surface area contributed by atoms with E-state index in [2.05, 4.69) is 5.32 Å². The highest BCUT2D eigenvalue weighted by molar-refractivity contribution is 5.95. The Labute approximate surface area is 113 Å². The van der Waals surface area contributed by atoms with Crippen LogP contribution in [0.15, 0.2) is 12.1 Å². The molecule has 0 saturated heterocycles. The number of rotatable bonds is 5. The lowest BCUT2D eigenvalue weighted by Gasteiger charge is -2.25. The number of hydrogen-bond donors (Lipinski definition) is 2. The molecule has 0 saturated carbocycles. The maximum absolute atomic E-state index is 13.4. The first-order chi connectivity index (χ1) is 9.12. The SMILES string of the molecule is CC(C)(CCC(=O)O)NC(=O)c1c(F)cc(F)cc1F. The summed E-state index contributed by atoms with van der Waals surface area (Å²) < 4.78 is 39.6. The van der Waals surface area contributed by atoms with Crippen molar-refractivity contribution in [1.82, 2.24) is 5.32 Å². The summed E-state index contributed by atoms with van der Waals surface area (Å²) in [6, 6.07) is 0.810. The number of carbonyl (C=O) groups excluding carboxylic acids is 1. The van der Waals surface area contributed by atoms with E-state index < -0.39 is 40.4 Å². The van der Waals surface area contributed by atoms with Gasteiger partial charge >= 0.3 is 5.97 Å². The molecule has 1 aromatic carbocycles. The fraction of sp³-hybridized carbons (Fsp3) is 0.385. The van der Waals surface area contributed by atoms with Crippen molar-refractivity contribution in [2.75, 3.05) is 0 Å². The predicted octanol–water partition coefficient (Wildman–Crippen LogP) is 2.48. The van der Waals surface area contributed by atoms with Gasteiger partial charge < -0.3 is 10.4 Å². The summed E-state index contributed by atoms with van der Waals surface area (Å²) in [5.74, 6) is -5.85. The maximum Gasteiger partial charge on any atom is 0.303 e. The quantitative estimate of drug-likeness (QED) is 0.875. The average molecular weight is 289 g/mol. The fourth-order valence-electron chi connectivity index (χ4n) is 1.61. The zero-order chi connectivity index (χ0) is 15.5. The number of carboxylic acids is 1. The highest BCUT2D eigenvalue weighted by Crippen LogP contribution is 2.17. The van der Waals surface area contributed by atoms with Gasteiger partial charge in [-0.3, -0.25) is 9.59 Å². The molecule has 0 aliphatic heterocycles. The lowest BCUT2D eigenvalue weighted by molar-refractivity contribution is -0.137. The van der Waals surface area contributed by atoms with Crippen molar-refractivity contribution in [1.29, 1.82) is 0 Å². The van der Waals surface area contributed by atoms with Crippen LogP contribution in [0.1, 0.15) is 37.0 Å². The summed E-state index contributed by atoms with van der Waals surface area (Å²) in [4.78, 5) is 22.3. The second-order valence-electron chi connectivity index (χ2n) is 4.98. The third-order valence-electron chi connectivity index (χ3n) is 2.65. The second-order valence-corrected chi connectivity index (χ2v) is 4.98. The van der Waals surface area contributed by atoms with E-state index in [1.807, 2.05) is 0 Å². The van der Waals surface area contributed by atoms with Crippen LogP contribution in [0.3, 0.4) is 0 Å². The van der Waals surface area contributed by atoms with Crippen molar-refractivity contribution in [2.24, 2.45) is 0 Å². The van der Waals surface area contributed by atoms with Gasteiger partial charge in [0.15, 0.2) is 0 Å². The monoisotopic (exact) mass is 289 g/mol. The highest BCUT2D eigenvalue weighted by atomic mass is 19.1. The molecule has 4 nitrogen and oxygen atoms in total. The number of benzene rings is 1. The first-order valence-electron chi connectivity index (χ1n) is 5.81. The number of carbonyl (C=O) groups is 2. The van der Waals surface area contributed by atoms with Crippen molar-refractivity contribution in [3.8, 4) is 0 Å². The minimum atomic E-state index is -1.31. The van der Waals surface area contributed by atoms with E-state index in [0.29, 0.717) is 12.1 Å². The van der Waals surface area contributed by atoms with Gasteiger partial charge in [0.1, 0.15) is 23.0 Å². The number of amides is 1. The molecule has 0 fully saturated rings. The molecule has 1 rings (SSSR count). The Balaban J connectivity index is 2.89.